The van der Waals surface area contributed by atoms with Gasteiger partial charge in [0.2, 0.25) is 0 Å². The van der Waals surface area contributed by atoms with Gasteiger partial charge in [-0.2, -0.15) is 0 Å². The summed E-state index contributed by atoms with van der Waals surface area (Å²) in [5, 5.41) is 0. The van der Waals surface area contributed by atoms with Gasteiger partial charge < -0.3 is 14.2 Å². The summed E-state index contributed by atoms with van der Waals surface area (Å²) < 4.78 is 15.8. The van der Waals surface area contributed by atoms with E-state index in [2.05, 4.69) is 12.3 Å². The van der Waals surface area contributed by atoms with Crippen LogP contribution in [0.1, 0.15) is 6.92 Å². The standard InChI is InChI=1S/C13H16O3/c1-5-10(2)9-16-13-7-11(14-3)6-12(8-13)15-4/h6-8H,1,9H2,2-4H3. The molecule has 0 aliphatic heterocycles. The summed E-state index contributed by atoms with van der Waals surface area (Å²) in [6.45, 7) is 5.91. The fraction of sp³-hybridized carbons (Fsp3) is 0.308. The van der Waals surface area contributed by atoms with Gasteiger partial charge in [0.15, 0.2) is 0 Å². The molecule has 3 nitrogen and oxygen atoms in total. The Balaban J connectivity index is 2.82. The number of rotatable bonds is 5. The summed E-state index contributed by atoms with van der Waals surface area (Å²) in [4.78, 5) is 0. The number of ether oxygens (including phenoxy) is 3. The van der Waals surface area contributed by atoms with Crippen molar-refractivity contribution in [3.63, 3.8) is 0 Å². The van der Waals surface area contributed by atoms with Crippen LogP contribution in [0.5, 0.6) is 17.2 Å². The van der Waals surface area contributed by atoms with E-state index in [4.69, 9.17) is 14.2 Å². The van der Waals surface area contributed by atoms with E-state index in [0.717, 1.165) is 5.57 Å². The van der Waals surface area contributed by atoms with Gasteiger partial charge in [0.25, 0.3) is 0 Å². The van der Waals surface area contributed by atoms with E-state index in [1.807, 2.05) is 6.92 Å². The third-order valence-electron chi connectivity index (χ3n) is 2.08. The van der Waals surface area contributed by atoms with Gasteiger partial charge in [-0.3, -0.25) is 0 Å². The number of benzene rings is 1. The van der Waals surface area contributed by atoms with Crippen LogP contribution < -0.4 is 14.2 Å². The number of hydrogen-bond donors (Lipinski definition) is 0. The predicted octanol–water partition coefficient (Wildman–Crippen LogP) is 2.81. The molecule has 0 heterocycles. The summed E-state index contributed by atoms with van der Waals surface area (Å²) in [6, 6.07) is 5.40. The minimum Gasteiger partial charge on any atom is -0.496 e. The molecule has 0 amide bonds. The lowest BCUT2D eigenvalue weighted by Crippen LogP contribution is -1.98. The first-order valence-electron chi connectivity index (χ1n) is 4.91. The third-order valence-corrected chi connectivity index (χ3v) is 2.08. The van der Waals surface area contributed by atoms with Crippen LogP contribution in [-0.4, -0.2) is 20.8 Å². The van der Waals surface area contributed by atoms with Gasteiger partial charge in [-0.05, 0) is 6.92 Å². The van der Waals surface area contributed by atoms with Gasteiger partial charge in [0.05, 0.1) is 14.2 Å². The van der Waals surface area contributed by atoms with Crippen molar-refractivity contribution in [2.45, 2.75) is 6.92 Å². The Morgan fingerprint density at radius 1 is 1.12 bits per heavy atom. The van der Waals surface area contributed by atoms with Crippen LogP contribution in [0.2, 0.25) is 0 Å². The molecule has 0 unspecified atom stereocenters. The van der Waals surface area contributed by atoms with Crippen LogP contribution in [0.15, 0.2) is 36.1 Å². The first kappa shape index (κ1) is 12.2. The predicted molar refractivity (Wildman–Crippen MR) is 63.4 cm³/mol. The van der Waals surface area contributed by atoms with Crippen molar-refractivity contribution in [1.29, 1.82) is 0 Å². The summed E-state index contributed by atoms with van der Waals surface area (Å²) in [5.74, 6) is 2.11. The largest absolute Gasteiger partial charge is 0.496 e. The highest BCUT2D eigenvalue weighted by atomic mass is 16.5. The van der Waals surface area contributed by atoms with Gasteiger partial charge in [-0.25, -0.2) is 0 Å². The van der Waals surface area contributed by atoms with E-state index in [-0.39, 0.29) is 0 Å². The molecule has 0 bridgehead atoms. The second-order valence-electron chi connectivity index (χ2n) is 3.29. The average molecular weight is 220 g/mol. The Hall–Kier alpha value is -1.86. The lowest BCUT2D eigenvalue weighted by Gasteiger charge is -2.09. The van der Waals surface area contributed by atoms with Crippen molar-refractivity contribution in [1.82, 2.24) is 0 Å². The van der Waals surface area contributed by atoms with Crippen molar-refractivity contribution >= 4 is 0 Å². The topological polar surface area (TPSA) is 27.7 Å². The molecule has 1 rings (SSSR count). The fourth-order valence-electron chi connectivity index (χ4n) is 1.11. The number of methoxy groups -OCH3 is 2. The summed E-state index contributed by atoms with van der Waals surface area (Å²) in [5.41, 5.74) is 3.72. The van der Waals surface area contributed by atoms with Crippen molar-refractivity contribution in [3.05, 3.63) is 36.1 Å². The van der Waals surface area contributed by atoms with Crippen LogP contribution in [0.25, 0.3) is 0 Å². The zero-order valence-electron chi connectivity index (χ0n) is 9.87. The highest BCUT2D eigenvalue weighted by molar-refractivity contribution is 5.42. The van der Waals surface area contributed by atoms with E-state index in [0.29, 0.717) is 23.9 Å². The summed E-state index contributed by atoms with van der Waals surface area (Å²) >= 11 is 0. The second kappa shape index (κ2) is 5.89. The van der Waals surface area contributed by atoms with E-state index in [1.165, 1.54) is 0 Å². The Morgan fingerprint density at radius 3 is 2.06 bits per heavy atom. The first-order valence-corrected chi connectivity index (χ1v) is 4.91. The van der Waals surface area contributed by atoms with Crippen molar-refractivity contribution in [2.24, 2.45) is 0 Å². The van der Waals surface area contributed by atoms with Crippen molar-refractivity contribution in [3.8, 4) is 17.2 Å². The molecule has 3 heteroatoms. The Morgan fingerprint density at radius 2 is 1.62 bits per heavy atom. The zero-order chi connectivity index (χ0) is 12.0. The van der Waals surface area contributed by atoms with Crippen LogP contribution in [0.4, 0.5) is 0 Å². The average Bonchev–Trinajstić information content (AvgIpc) is 2.35. The summed E-state index contributed by atoms with van der Waals surface area (Å²) in [6.07, 6.45) is 0. The molecule has 0 N–H and O–H groups in total. The lowest BCUT2D eigenvalue weighted by molar-refractivity contribution is 0.340. The normalized spacial score (nSPS) is 9.19. The van der Waals surface area contributed by atoms with Crippen LogP contribution in [0, 0.1) is 0 Å². The Kier molecular flexibility index (Phi) is 4.49. The zero-order valence-corrected chi connectivity index (χ0v) is 9.87. The lowest BCUT2D eigenvalue weighted by atomic mass is 10.3. The van der Waals surface area contributed by atoms with Gasteiger partial charge in [0, 0.05) is 23.8 Å². The van der Waals surface area contributed by atoms with E-state index < -0.39 is 0 Å². The minimum atomic E-state index is 0.458. The monoisotopic (exact) mass is 220 g/mol. The third kappa shape index (κ3) is 3.37. The first-order chi connectivity index (χ1) is 7.69. The Bertz CT molecular complexity index is 381. The van der Waals surface area contributed by atoms with E-state index in [1.54, 1.807) is 32.4 Å². The SMILES string of the molecule is C=C=C(C)COc1cc(OC)cc(OC)c1. The molecule has 0 fully saturated rings. The molecule has 1 aromatic carbocycles. The maximum Gasteiger partial charge on any atom is 0.127 e. The molecule has 0 radical (unpaired) electrons. The van der Waals surface area contributed by atoms with Crippen molar-refractivity contribution < 1.29 is 14.2 Å². The van der Waals surface area contributed by atoms with Gasteiger partial charge in [-0.15, -0.1) is 5.73 Å². The van der Waals surface area contributed by atoms with Crippen LogP contribution in [-0.2, 0) is 0 Å². The van der Waals surface area contributed by atoms with Crippen LogP contribution >= 0.6 is 0 Å². The highest BCUT2D eigenvalue weighted by Gasteiger charge is 2.02. The van der Waals surface area contributed by atoms with E-state index in [9.17, 15) is 0 Å². The van der Waals surface area contributed by atoms with E-state index >= 15 is 0 Å². The molecule has 1 aromatic rings. The van der Waals surface area contributed by atoms with Crippen molar-refractivity contribution in [2.75, 3.05) is 20.8 Å². The molecule has 0 aliphatic carbocycles. The molecule has 86 valence electrons. The van der Waals surface area contributed by atoms with Gasteiger partial charge in [0.1, 0.15) is 23.9 Å². The molecular formula is C13H16O3. The quantitative estimate of drug-likeness (QED) is 0.714. The smallest absolute Gasteiger partial charge is 0.127 e. The Labute approximate surface area is 95.9 Å². The molecule has 0 saturated heterocycles. The maximum absolute atomic E-state index is 5.54. The van der Waals surface area contributed by atoms with Gasteiger partial charge >= 0.3 is 0 Å². The fourth-order valence-corrected chi connectivity index (χ4v) is 1.11. The number of hydrogen-bond acceptors (Lipinski definition) is 3. The summed E-state index contributed by atoms with van der Waals surface area (Å²) in [7, 11) is 3.21. The molecule has 0 saturated carbocycles. The molecule has 0 aromatic heterocycles. The minimum absolute atomic E-state index is 0.458. The molecule has 0 aliphatic rings. The second-order valence-corrected chi connectivity index (χ2v) is 3.29. The van der Waals surface area contributed by atoms with Crippen LogP contribution in [0.3, 0.4) is 0 Å². The molecule has 0 atom stereocenters. The maximum atomic E-state index is 5.54. The molecular weight excluding hydrogens is 204 g/mol. The molecule has 0 spiro atoms. The highest BCUT2D eigenvalue weighted by Crippen LogP contribution is 2.27. The molecule has 16 heavy (non-hydrogen) atoms. The van der Waals surface area contributed by atoms with Gasteiger partial charge in [-0.1, -0.05) is 6.58 Å².